The SMILES string of the molecule is COCCOc1ccc(C(C)NC(=O)N2CC(C)CC(C(=O)O)C2)cc1OC. The topological polar surface area (TPSA) is 97.3 Å². The molecule has 3 unspecified atom stereocenters. The van der Waals surface area contributed by atoms with Crippen LogP contribution in [0.15, 0.2) is 18.2 Å². The summed E-state index contributed by atoms with van der Waals surface area (Å²) in [6.45, 7) is 5.51. The summed E-state index contributed by atoms with van der Waals surface area (Å²) in [7, 11) is 3.17. The van der Waals surface area contributed by atoms with E-state index in [1.165, 1.54) is 0 Å². The highest BCUT2D eigenvalue weighted by Gasteiger charge is 2.32. The molecule has 0 spiro atoms. The second-order valence-corrected chi connectivity index (χ2v) is 7.20. The van der Waals surface area contributed by atoms with Crippen LogP contribution in [0.1, 0.15) is 31.9 Å². The van der Waals surface area contributed by atoms with E-state index in [2.05, 4.69) is 5.32 Å². The number of methoxy groups -OCH3 is 2. The molecule has 0 saturated carbocycles. The Hall–Kier alpha value is -2.48. The maximum absolute atomic E-state index is 12.6. The normalized spacial score (nSPS) is 20.4. The number of ether oxygens (including phenoxy) is 3. The molecule has 0 aliphatic carbocycles. The van der Waals surface area contributed by atoms with Gasteiger partial charge in [-0.25, -0.2) is 4.79 Å². The number of carbonyl (C=O) groups excluding carboxylic acids is 1. The van der Waals surface area contributed by atoms with E-state index >= 15 is 0 Å². The predicted molar refractivity (Wildman–Crippen MR) is 104 cm³/mol. The standard InChI is InChI=1S/C20H30N2O6/c1-13-9-16(19(23)24)12-22(11-13)20(25)21-14(2)15-5-6-17(18(10-15)27-4)28-8-7-26-3/h5-6,10,13-14,16H,7-9,11-12H2,1-4H3,(H,21,25)(H,23,24). The van der Waals surface area contributed by atoms with Gasteiger partial charge < -0.3 is 29.5 Å². The molecule has 2 rings (SSSR count). The zero-order valence-corrected chi connectivity index (χ0v) is 16.9. The second kappa shape index (κ2) is 10.2. The van der Waals surface area contributed by atoms with E-state index in [1.807, 2.05) is 26.0 Å². The van der Waals surface area contributed by atoms with Crippen molar-refractivity contribution in [2.45, 2.75) is 26.3 Å². The third kappa shape index (κ3) is 5.76. The second-order valence-electron chi connectivity index (χ2n) is 7.20. The number of nitrogens with one attached hydrogen (secondary N) is 1. The molecule has 1 aromatic rings. The summed E-state index contributed by atoms with van der Waals surface area (Å²) in [5, 5.41) is 12.2. The number of aliphatic carboxylic acids is 1. The summed E-state index contributed by atoms with van der Waals surface area (Å²) in [4.78, 5) is 25.5. The van der Waals surface area contributed by atoms with Crippen molar-refractivity contribution in [2.75, 3.05) is 40.5 Å². The molecular weight excluding hydrogens is 364 g/mol. The summed E-state index contributed by atoms with van der Waals surface area (Å²) in [6, 6.07) is 4.97. The van der Waals surface area contributed by atoms with E-state index in [0.717, 1.165) is 5.56 Å². The molecule has 8 heteroatoms. The number of likely N-dealkylation sites (tertiary alicyclic amines) is 1. The fraction of sp³-hybridized carbons (Fsp3) is 0.600. The smallest absolute Gasteiger partial charge is 0.317 e. The average molecular weight is 394 g/mol. The Labute approximate surface area is 165 Å². The number of rotatable bonds is 8. The number of carboxylic acid groups (broad SMARTS) is 1. The molecule has 2 N–H and O–H groups in total. The van der Waals surface area contributed by atoms with Gasteiger partial charge in [-0.05, 0) is 37.0 Å². The molecule has 1 aliphatic heterocycles. The summed E-state index contributed by atoms with van der Waals surface area (Å²) < 4.78 is 16.0. The van der Waals surface area contributed by atoms with Gasteiger partial charge in [0.25, 0.3) is 0 Å². The van der Waals surface area contributed by atoms with Gasteiger partial charge in [0, 0.05) is 20.2 Å². The third-order valence-corrected chi connectivity index (χ3v) is 4.87. The Kier molecular flexibility index (Phi) is 7.92. The minimum atomic E-state index is -0.855. The number of hydrogen-bond donors (Lipinski definition) is 2. The first-order valence-corrected chi connectivity index (χ1v) is 9.43. The van der Waals surface area contributed by atoms with Crippen LogP contribution in [0, 0.1) is 11.8 Å². The van der Waals surface area contributed by atoms with Gasteiger partial charge in [-0.1, -0.05) is 13.0 Å². The lowest BCUT2D eigenvalue weighted by molar-refractivity contribution is -0.143. The summed E-state index contributed by atoms with van der Waals surface area (Å²) in [5.74, 6) is -0.0395. The van der Waals surface area contributed by atoms with Crippen molar-refractivity contribution in [3.63, 3.8) is 0 Å². The van der Waals surface area contributed by atoms with Crippen LogP contribution in [-0.4, -0.2) is 62.5 Å². The van der Waals surface area contributed by atoms with Gasteiger partial charge in [0.15, 0.2) is 11.5 Å². The van der Waals surface area contributed by atoms with Gasteiger partial charge in [0.1, 0.15) is 6.61 Å². The van der Waals surface area contributed by atoms with Crippen molar-refractivity contribution in [1.82, 2.24) is 10.2 Å². The molecular formula is C20H30N2O6. The highest BCUT2D eigenvalue weighted by molar-refractivity contribution is 5.77. The molecule has 0 aromatic heterocycles. The van der Waals surface area contributed by atoms with Gasteiger partial charge in [-0.2, -0.15) is 0 Å². The lowest BCUT2D eigenvalue weighted by atomic mass is 9.91. The van der Waals surface area contributed by atoms with Gasteiger partial charge in [0.05, 0.1) is 25.7 Å². The van der Waals surface area contributed by atoms with Gasteiger partial charge in [-0.3, -0.25) is 4.79 Å². The largest absolute Gasteiger partial charge is 0.493 e. The van der Waals surface area contributed by atoms with Crippen LogP contribution in [-0.2, 0) is 9.53 Å². The number of hydrogen-bond acceptors (Lipinski definition) is 5. The lowest BCUT2D eigenvalue weighted by Gasteiger charge is -2.35. The molecule has 0 radical (unpaired) electrons. The number of urea groups is 1. The van der Waals surface area contributed by atoms with E-state index in [9.17, 15) is 14.7 Å². The van der Waals surface area contributed by atoms with Crippen LogP contribution in [0.2, 0.25) is 0 Å². The van der Waals surface area contributed by atoms with Crippen LogP contribution in [0.3, 0.4) is 0 Å². The minimum absolute atomic E-state index is 0.152. The zero-order chi connectivity index (χ0) is 20.7. The molecule has 1 aliphatic rings. The molecule has 1 fully saturated rings. The van der Waals surface area contributed by atoms with Gasteiger partial charge in [0.2, 0.25) is 0 Å². The van der Waals surface area contributed by atoms with Crippen molar-refractivity contribution in [3.8, 4) is 11.5 Å². The number of amides is 2. The van der Waals surface area contributed by atoms with Crippen LogP contribution in [0.25, 0.3) is 0 Å². The van der Waals surface area contributed by atoms with Crippen molar-refractivity contribution in [1.29, 1.82) is 0 Å². The molecule has 8 nitrogen and oxygen atoms in total. The summed E-state index contributed by atoms with van der Waals surface area (Å²) >= 11 is 0. The number of benzene rings is 1. The fourth-order valence-electron chi connectivity index (χ4n) is 3.36. The van der Waals surface area contributed by atoms with E-state index in [4.69, 9.17) is 14.2 Å². The number of nitrogens with zero attached hydrogens (tertiary/aromatic N) is 1. The highest BCUT2D eigenvalue weighted by atomic mass is 16.5. The van der Waals surface area contributed by atoms with E-state index in [1.54, 1.807) is 25.2 Å². The third-order valence-electron chi connectivity index (χ3n) is 4.87. The van der Waals surface area contributed by atoms with Crippen LogP contribution in [0.4, 0.5) is 4.79 Å². The molecule has 1 heterocycles. The number of carbonyl (C=O) groups is 2. The van der Waals surface area contributed by atoms with E-state index < -0.39 is 11.9 Å². The molecule has 1 aromatic carbocycles. The Morgan fingerprint density at radius 3 is 2.64 bits per heavy atom. The average Bonchev–Trinajstić information content (AvgIpc) is 2.67. The molecule has 3 atom stereocenters. The van der Waals surface area contributed by atoms with E-state index in [-0.39, 0.29) is 24.5 Å². The Bertz CT molecular complexity index is 681. The van der Waals surface area contributed by atoms with Gasteiger partial charge >= 0.3 is 12.0 Å². The lowest BCUT2D eigenvalue weighted by Crippen LogP contribution is -2.49. The minimum Gasteiger partial charge on any atom is -0.493 e. The monoisotopic (exact) mass is 394 g/mol. The quantitative estimate of drug-likeness (QED) is 0.658. The van der Waals surface area contributed by atoms with Crippen molar-refractivity contribution >= 4 is 12.0 Å². The van der Waals surface area contributed by atoms with Gasteiger partial charge in [-0.15, -0.1) is 0 Å². The van der Waals surface area contributed by atoms with Crippen LogP contribution < -0.4 is 14.8 Å². The first-order valence-electron chi connectivity index (χ1n) is 9.43. The van der Waals surface area contributed by atoms with Crippen LogP contribution in [0.5, 0.6) is 11.5 Å². The molecule has 28 heavy (non-hydrogen) atoms. The summed E-state index contributed by atoms with van der Waals surface area (Å²) in [6.07, 6.45) is 0.594. The first-order chi connectivity index (χ1) is 13.3. The molecule has 0 bridgehead atoms. The highest BCUT2D eigenvalue weighted by Crippen LogP contribution is 2.30. The molecule has 156 valence electrons. The van der Waals surface area contributed by atoms with E-state index in [0.29, 0.717) is 37.7 Å². The number of carboxylic acids is 1. The Morgan fingerprint density at radius 1 is 1.25 bits per heavy atom. The maximum atomic E-state index is 12.6. The molecule has 1 saturated heterocycles. The maximum Gasteiger partial charge on any atom is 0.317 e. The first kappa shape index (κ1) is 21.8. The zero-order valence-electron chi connectivity index (χ0n) is 16.9. The Balaban J connectivity index is 2.02. The van der Waals surface area contributed by atoms with Crippen molar-refractivity contribution < 1.29 is 28.9 Å². The fourth-order valence-corrected chi connectivity index (χ4v) is 3.36. The molecule has 2 amide bonds. The number of piperidine rings is 1. The van der Waals surface area contributed by atoms with Crippen LogP contribution >= 0.6 is 0 Å². The summed E-state index contributed by atoms with van der Waals surface area (Å²) in [5.41, 5.74) is 0.865. The Morgan fingerprint density at radius 2 is 2.00 bits per heavy atom. The predicted octanol–water partition coefficient (Wildman–Crippen LogP) is 2.53. The van der Waals surface area contributed by atoms with Crippen molar-refractivity contribution in [3.05, 3.63) is 23.8 Å². The van der Waals surface area contributed by atoms with Crippen molar-refractivity contribution in [2.24, 2.45) is 11.8 Å².